The number of carboxylic acids is 1. The van der Waals surface area contributed by atoms with Gasteiger partial charge in [0.15, 0.2) is 11.6 Å². The van der Waals surface area contributed by atoms with Crippen molar-refractivity contribution >= 4 is 17.6 Å². The van der Waals surface area contributed by atoms with E-state index in [9.17, 15) is 9.18 Å². The summed E-state index contributed by atoms with van der Waals surface area (Å²) >= 11 is 5.81. The number of carboxylic acid groups (broad SMARTS) is 1. The van der Waals surface area contributed by atoms with Crippen molar-refractivity contribution in [1.82, 2.24) is 0 Å². The van der Waals surface area contributed by atoms with E-state index in [2.05, 4.69) is 0 Å². The number of aryl methyl sites for hydroxylation is 1. The second-order valence-electron chi connectivity index (χ2n) is 3.94. The molecule has 0 aromatic heterocycles. The summed E-state index contributed by atoms with van der Waals surface area (Å²) in [7, 11) is 0. The molecule has 3 nitrogen and oxygen atoms in total. The number of benzene rings is 2. The Bertz CT molecular complexity index is 641. The van der Waals surface area contributed by atoms with Gasteiger partial charge in [0.2, 0.25) is 0 Å². The number of ether oxygens (including phenoxy) is 1. The van der Waals surface area contributed by atoms with Gasteiger partial charge in [-0.3, -0.25) is 0 Å². The van der Waals surface area contributed by atoms with E-state index in [1.165, 1.54) is 24.3 Å². The molecular weight excluding hydrogens is 271 g/mol. The molecule has 0 spiro atoms. The summed E-state index contributed by atoms with van der Waals surface area (Å²) in [6.45, 7) is 1.63. The molecule has 2 aromatic rings. The predicted molar refractivity (Wildman–Crippen MR) is 69.6 cm³/mol. The van der Waals surface area contributed by atoms with Gasteiger partial charge >= 0.3 is 5.97 Å². The topological polar surface area (TPSA) is 46.5 Å². The number of carbonyl (C=O) groups is 1. The molecule has 5 heteroatoms. The molecule has 1 N–H and O–H groups in total. The van der Waals surface area contributed by atoms with Crippen LogP contribution in [0.3, 0.4) is 0 Å². The predicted octanol–water partition coefficient (Wildman–Crippen LogP) is 4.28. The van der Waals surface area contributed by atoms with Crippen LogP contribution in [0.1, 0.15) is 15.9 Å². The molecule has 0 aliphatic carbocycles. The van der Waals surface area contributed by atoms with E-state index in [0.29, 0.717) is 5.56 Å². The first kappa shape index (κ1) is 13.4. The van der Waals surface area contributed by atoms with E-state index in [1.54, 1.807) is 19.1 Å². The zero-order chi connectivity index (χ0) is 14.0. The van der Waals surface area contributed by atoms with E-state index >= 15 is 0 Å². The molecule has 0 heterocycles. The summed E-state index contributed by atoms with van der Waals surface area (Å²) in [5.74, 6) is -1.24. The van der Waals surface area contributed by atoms with Crippen molar-refractivity contribution in [3.05, 3.63) is 58.4 Å². The maximum atomic E-state index is 13.7. The number of aromatic carboxylic acids is 1. The largest absolute Gasteiger partial charge is 0.478 e. The van der Waals surface area contributed by atoms with Crippen LogP contribution in [0.2, 0.25) is 5.02 Å². The Morgan fingerprint density at radius 1 is 1.32 bits per heavy atom. The monoisotopic (exact) mass is 280 g/mol. The van der Waals surface area contributed by atoms with Crippen molar-refractivity contribution in [3.8, 4) is 11.5 Å². The Morgan fingerprint density at radius 2 is 2.05 bits per heavy atom. The summed E-state index contributed by atoms with van der Waals surface area (Å²) in [4.78, 5) is 10.8. The average molecular weight is 281 g/mol. The lowest BCUT2D eigenvalue weighted by molar-refractivity contribution is 0.0697. The first-order chi connectivity index (χ1) is 8.99. The van der Waals surface area contributed by atoms with Gasteiger partial charge in [0.05, 0.1) is 10.6 Å². The highest BCUT2D eigenvalue weighted by Gasteiger charge is 2.11. The number of hydrogen-bond acceptors (Lipinski definition) is 2. The highest BCUT2D eigenvalue weighted by Crippen LogP contribution is 2.29. The quantitative estimate of drug-likeness (QED) is 0.913. The Kier molecular flexibility index (Phi) is 3.71. The maximum Gasteiger partial charge on any atom is 0.337 e. The lowest BCUT2D eigenvalue weighted by Crippen LogP contribution is -1.97. The van der Waals surface area contributed by atoms with Gasteiger partial charge in [-0.25, -0.2) is 9.18 Å². The molecule has 0 saturated heterocycles. The molecular formula is C14H10ClFO3. The highest BCUT2D eigenvalue weighted by atomic mass is 35.5. The first-order valence-electron chi connectivity index (χ1n) is 5.45. The SMILES string of the molecule is Cc1cccc(Oc2ccc(C(=O)O)c(Cl)c2)c1F. The highest BCUT2D eigenvalue weighted by molar-refractivity contribution is 6.33. The van der Waals surface area contributed by atoms with Crippen LogP contribution in [-0.4, -0.2) is 11.1 Å². The molecule has 0 saturated carbocycles. The molecule has 2 rings (SSSR count). The Balaban J connectivity index is 2.32. The van der Waals surface area contributed by atoms with Crippen LogP contribution in [0.4, 0.5) is 4.39 Å². The number of rotatable bonds is 3. The third-order valence-electron chi connectivity index (χ3n) is 2.56. The van der Waals surface area contributed by atoms with Crippen molar-refractivity contribution in [2.45, 2.75) is 6.92 Å². The lowest BCUT2D eigenvalue weighted by Gasteiger charge is -2.09. The molecule has 2 aromatic carbocycles. The summed E-state index contributed by atoms with van der Waals surface area (Å²) in [6.07, 6.45) is 0. The molecule has 0 radical (unpaired) electrons. The van der Waals surface area contributed by atoms with Crippen molar-refractivity contribution in [2.75, 3.05) is 0 Å². The van der Waals surface area contributed by atoms with E-state index < -0.39 is 11.8 Å². The molecule has 98 valence electrons. The molecule has 0 atom stereocenters. The summed E-state index contributed by atoms with van der Waals surface area (Å²) in [6, 6.07) is 8.86. The van der Waals surface area contributed by atoms with E-state index in [4.69, 9.17) is 21.4 Å². The molecule has 0 bridgehead atoms. The number of halogens is 2. The van der Waals surface area contributed by atoms with Gasteiger partial charge in [-0.15, -0.1) is 0 Å². The van der Waals surface area contributed by atoms with Crippen LogP contribution >= 0.6 is 11.6 Å². The third-order valence-corrected chi connectivity index (χ3v) is 2.87. The first-order valence-corrected chi connectivity index (χ1v) is 5.82. The summed E-state index contributed by atoms with van der Waals surface area (Å²) in [5.41, 5.74) is 0.435. The van der Waals surface area contributed by atoms with E-state index in [1.807, 2.05) is 0 Å². The van der Waals surface area contributed by atoms with Crippen LogP contribution in [0, 0.1) is 12.7 Å². The van der Waals surface area contributed by atoms with Crippen LogP contribution in [-0.2, 0) is 0 Å². The molecule has 0 aliphatic rings. The van der Waals surface area contributed by atoms with Crippen molar-refractivity contribution in [2.24, 2.45) is 0 Å². The van der Waals surface area contributed by atoms with Gasteiger partial charge in [0.25, 0.3) is 0 Å². The van der Waals surface area contributed by atoms with Crippen molar-refractivity contribution in [1.29, 1.82) is 0 Å². The lowest BCUT2D eigenvalue weighted by atomic mass is 10.2. The van der Waals surface area contributed by atoms with Crippen molar-refractivity contribution < 1.29 is 19.0 Å². The van der Waals surface area contributed by atoms with Gasteiger partial charge in [0, 0.05) is 6.07 Å². The van der Waals surface area contributed by atoms with Gasteiger partial charge in [0.1, 0.15) is 5.75 Å². The third kappa shape index (κ3) is 2.85. The minimum atomic E-state index is -1.13. The van der Waals surface area contributed by atoms with Gasteiger partial charge in [-0.1, -0.05) is 23.7 Å². The Labute approximate surface area is 114 Å². The van der Waals surface area contributed by atoms with E-state index in [-0.39, 0.29) is 22.1 Å². The van der Waals surface area contributed by atoms with Gasteiger partial charge < -0.3 is 9.84 Å². The zero-order valence-corrected chi connectivity index (χ0v) is 10.7. The second kappa shape index (κ2) is 5.28. The number of hydrogen-bond donors (Lipinski definition) is 1. The average Bonchev–Trinajstić information content (AvgIpc) is 2.34. The van der Waals surface area contributed by atoms with Gasteiger partial charge in [-0.2, -0.15) is 0 Å². The zero-order valence-electron chi connectivity index (χ0n) is 9.98. The van der Waals surface area contributed by atoms with Crippen LogP contribution in [0.15, 0.2) is 36.4 Å². The van der Waals surface area contributed by atoms with Crippen LogP contribution in [0.5, 0.6) is 11.5 Å². The maximum absolute atomic E-state index is 13.7. The Hall–Kier alpha value is -2.07. The fourth-order valence-electron chi connectivity index (χ4n) is 1.56. The van der Waals surface area contributed by atoms with Crippen LogP contribution in [0.25, 0.3) is 0 Å². The standard InChI is InChI=1S/C14H10ClFO3/c1-8-3-2-4-12(13(8)16)19-9-5-6-10(14(17)18)11(15)7-9/h2-7H,1H3,(H,17,18). The van der Waals surface area contributed by atoms with E-state index in [0.717, 1.165) is 0 Å². The fraction of sp³-hybridized carbons (Fsp3) is 0.0714. The minimum absolute atomic E-state index is 0.0290. The summed E-state index contributed by atoms with van der Waals surface area (Å²) in [5, 5.41) is 8.88. The molecule has 19 heavy (non-hydrogen) atoms. The fourth-order valence-corrected chi connectivity index (χ4v) is 1.81. The van der Waals surface area contributed by atoms with Crippen LogP contribution < -0.4 is 4.74 Å². The molecule has 0 aliphatic heterocycles. The van der Waals surface area contributed by atoms with Gasteiger partial charge in [-0.05, 0) is 30.7 Å². The minimum Gasteiger partial charge on any atom is -0.478 e. The Morgan fingerprint density at radius 3 is 2.68 bits per heavy atom. The molecule has 0 unspecified atom stereocenters. The van der Waals surface area contributed by atoms with Crippen molar-refractivity contribution in [3.63, 3.8) is 0 Å². The molecule has 0 amide bonds. The normalized spacial score (nSPS) is 10.3. The second-order valence-corrected chi connectivity index (χ2v) is 4.34. The molecule has 0 fully saturated rings. The smallest absolute Gasteiger partial charge is 0.337 e. The summed E-state index contributed by atoms with van der Waals surface area (Å²) < 4.78 is 19.1.